The van der Waals surface area contributed by atoms with Crippen molar-refractivity contribution < 1.29 is 19.7 Å². The number of allylic oxidation sites excluding steroid dienone is 1. The Bertz CT molecular complexity index is 432. The van der Waals surface area contributed by atoms with Crippen LogP contribution in [0.1, 0.15) is 92.4 Å². The molecule has 1 aliphatic rings. The maximum absolute atomic E-state index is 11.0. The van der Waals surface area contributed by atoms with Crippen LogP contribution in [0.15, 0.2) is 11.6 Å². The number of aliphatic carboxylic acids is 1. The molecule has 1 N–H and O–H groups in total. The van der Waals surface area contributed by atoms with Gasteiger partial charge in [-0.2, -0.15) is 0 Å². The van der Waals surface area contributed by atoms with Gasteiger partial charge in [-0.15, -0.1) is 0 Å². The summed E-state index contributed by atoms with van der Waals surface area (Å²) in [6.45, 7) is 10.9. The lowest BCUT2D eigenvalue weighted by atomic mass is 9.80. The van der Waals surface area contributed by atoms with Gasteiger partial charge in [-0.25, -0.2) is 9.78 Å². The monoisotopic (exact) mass is 354 g/mol. The first-order valence-corrected chi connectivity index (χ1v) is 10.1. The fourth-order valence-electron chi connectivity index (χ4n) is 3.92. The number of carboxylic acids is 1. The van der Waals surface area contributed by atoms with Gasteiger partial charge in [0.05, 0.1) is 6.42 Å². The molecule has 4 heteroatoms. The molecule has 4 atom stereocenters. The Morgan fingerprint density at radius 3 is 2.56 bits per heavy atom. The number of carbonyl (C=O) groups is 1. The minimum atomic E-state index is -0.829. The zero-order valence-electron chi connectivity index (χ0n) is 16.8. The number of unbranched alkanes of at least 4 members (excludes halogenated alkanes) is 1. The van der Waals surface area contributed by atoms with Crippen LogP contribution in [0.3, 0.4) is 0 Å². The van der Waals surface area contributed by atoms with E-state index in [0.717, 1.165) is 31.6 Å². The topological polar surface area (TPSA) is 55.8 Å². The predicted octanol–water partition coefficient (Wildman–Crippen LogP) is 5.91. The molecule has 4 nitrogen and oxygen atoms in total. The zero-order chi connectivity index (χ0) is 18.9. The lowest BCUT2D eigenvalue weighted by Crippen LogP contribution is -2.44. The van der Waals surface area contributed by atoms with E-state index < -0.39 is 11.6 Å². The normalized spacial score (nSPS) is 28.8. The highest BCUT2D eigenvalue weighted by atomic mass is 17.2. The molecular formula is C21H38O4. The summed E-state index contributed by atoms with van der Waals surface area (Å²) in [5.41, 5.74) is 0.947. The first kappa shape index (κ1) is 22.2. The zero-order valence-corrected chi connectivity index (χ0v) is 16.8. The van der Waals surface area contributed by atoms with E-state index in [1.165, 1.54) is 31.3 Å². The van der Waals surface area contributed by atoms with Crippen LogP contribution in [-0.2, 0) is 14.6 Å². The molecule has 0 aromatic rings. The van der Waals surface area contributed by atoms with Crippen molar-refractivity contribution >= 4 is 5.97 Å². The largest absolute Gasteiger partial charge is 0.481 e. The summed E-state index contributed by atoms with van der Waals surface area (Å²) in [5.74, 6) is 0.122. The van der Waals surface area contributed by atoms with E-state index in [2.05, 4.69) is 40.7 Å². The average molecular weight is 355 g/mol. The van der Waals surface area contributed by atoms with E-state index >= 15 is 0 Å². The summed E-state index contributed by atoms with van der Waals surface area (Å²) in [5, 5.41) is 9.06. The van der Waals surface area contributed by atoms with Crippen molar-refractivity contribution in [1.29, 1.82) is 0 Å². The van der Waals surface area contributed by atoms with Gasteiger partial charge >= 0.3 is 5.97 Å². The molecule has 0 aromatic heterocycles. The molecule has 0 saturated carbocycles. The first-order chi connectivity index (χ1) is 11.9. The smallest absolute Gasteiger partial charge is 0.306 e. The van der Waals surface area contributed by atoms with Gasteiger partial charge in [0, 0.05) is 0 Å². The Hall–Kier alpha value is -0.870. The van der Waals surface area contributed by atoms with Crippen molar-refractivity contribution in [3.8, 4) is 0 Å². The number of hydrogen-bond acceptors (Lipinski definition) is 3. The summed E-state index contributed by atoms with van der Waals surface area (Å²) >= 11 is 0. The van der Waals surface area contributed by atoms with Crippen molar-refractivity contribution in [1.82, 2.24) is 0 Å². The Morgan fingerprint density at radius 1 is 1.32 bits per heavy atom. The lowest BCUT2D eigenvalue weighted by molar-refractivity contribution is -0.409. The fourth-order valence-corrected chi connectivity index (χ4v) is 3.92. The maximum atomic E-state index is 11.0. The van der Waals surface area contributed by atoms with Gasteiger partial charge in [-0.1, -0.05) is 71.4 Å². The van der Waals surface area contributed by atoms with Crippen LogP contribution in [0.25, 0.3) is 0 Å². The van der Waals surface area contributed by atoms with E-state index in [1.807, 2.05) is 0 Å². The molecule has 1 saturated heterocycles. The third-order valence-electron chi connectivity index (χ3n) is 5.63. The third-order valence-corrected chi connectivity index (χ3v) is 5.63. The molecular weight excluding hydrogens is 316 g/mol. The second kappa shape index (κ2) is 11.0. The number of rotatable bonds is 11. The molecule has 1 fully saturated rings. The quantitative estimate of drug-likeness (QED) is 0.370. The molecule has 0 radical (unpaired) electrons. The molecule has 0 bridgehead atoms. The third kappa shape index (κ3) is 7.10. The number of carboxylic acid groups (broad SMARTS) is 1. The van der Waals surface area contributed by atoms with E-state index in [0.29, 0.717) is 0 Å². The van der Waals surface area contributed by atoms with Gasteiger partial charge in [0.1, 0.15) is 11.7 Å². The molecule has 1 aliphatic heterocycles. The predicted molar refractivity (Wildman–Crippen MR) is 101 cm³/mol. The summed E-state index contributed by atoms with van der Waals surface area (Å²) < 4.78 is 0. The maximum Gasteiger partial charge on any atom is 0.306 e. The van der Waals surface area contributed by atoms with Crippen LogP contribution in [0.2, 0.25) is 0 Å². The van der Waals surface area contributed by atoms with Crippen molar-refractivity contribution in [3.05, 3.63) is 11.6 Å². The van der Waals surface area contributed by atoms with E-state index in [9.17, 15) is 4.79 Å². The summed E-state index contributed by atoms with van der Waals surface area (Å²) in [6.07, 6.45) is 10.6. The van der Waals surface area contributed by atoms with Crippen molar-refractivity contribution in [2.45, 2.75) is 104 Å². The SMILES string of the molecule is CCCC[C@H](CC)C/C(C)=C/[C@@]1(CC)C[C@@H](CC)[C@@H](CC(=O)O)OO1. The van der Waals surface area contributed by atoms with E-state index in [-0.39, 0.29) is 18.4 Å². The van der Waals surface area contributed by atoms with E-state index in [1.54, 1.807) is 0 Å². The highest BCUT2D eigenvalue weighted by Crippen LogP contribution is 2.39. The molecule has 0 unspecified atom stereocenters. The van der Waals surface area contributed by atoms with Crippen LogP contribution >= 0.6 is 0 Å². The van der Waals surface area contributed by atoms with Crippen LogP contribution in [-0.4, -0.2) is 22.8 Å². The molecule has 0 aliphatic carbocycles. The highest BCUT2D eigenvalue weighted by molar-refractivity contribution is 5.67. The molecule has 1 heterocycles. The number of hydrogen-bond donors (Lipinski definition) is 1. The Labute approximate surface area is 153 Å². The molecule has 0 aromatic carbocycles. The van der Waals surface area contributed by atoms with Crippen molar-refractivity contribution in [2.75, 3.05) is 0 Å². The van der Waals surface area contributed by atoms with E-state index in [4.69, 9.17) is 14.9 Å². The Morgan fingerprint density at radius 2 is 2.04 bits per heavy atom. The van der Waals surface area contributed by atoms with Crippen molar-refractivity contribution in [2.24, 2.45) is 11.8 Å². The van der Waals surface area contributed by atoms with Crippen LogP contribution < -0.4 is 0 Å². The molecule has 25 heavy (non-hydrogen) atoms. The Kier molecular flexibility index (Phi) is 9.73. The summed E-state index contributed by atoms with van der Waals surface area (Å²) in [7, 11) is 0. The molecule has 0 spiro atoms. The Balaban J connectivity index is 2.79. The molecule has 146 valence electrons. The second-order valence-corrected chi connectivity index (χ2v) is 7.72. The summed E-state index contributed by atoms with van der Waals surface area (Å²) in [4.78, 5) is 22.4. The molecule has 1 rings (SSSR count). The van der Waals surface area contributed by atoms with Gasteiger partial charge in [-0.3, -0.25) is 4.79 Å². The highest BCUT2D eigenvalue weighted by Gasteiger charge is 2.41. The van der Waals surface area contributed by atoms with Crippen LogP contribution in [0.4, 0.5) is 0 Å². The average Bonchev–Trinajstić information content (AvgIpc) is 2.59. The first-order valence-electron chi connectivity index (χ1n) is 10.1. The van der Waals surface area contributed by atoms with Gasteiger partial charge in [0.2, 0.25) is 0 Å². The van der Waals surface area contributed by atoms with Crippen LogP contribution in [0.5, 0.6) is 0 Å². The van der Waals surface area contributed by atoms with Gasteiger partial charge in [0.15, 0.2) is 0 Å². The van der Waals surface area contributed by atoms with Crippen LogP contribution in [0, 0.1) is 11.8 Å². The summed E-state index contributed by atoms with van der Waals surface area (Å²) in [6, 6.07) is 0. The van der Waals surface area contributed by atoms with Gasteiger partial charge < -0.3 is 5.11 Å². The second-order valence-electron chi connectivity index (χ2n) is 7.72. The van der Waals surface area contributed by atoms with Gasteiger partial charge in [0.25, 0.3) is 0 Å². The van der Waals surface area contributed by atoms with Gasteiger partial charge in [-0.05, 0) is 38.0 Å². The molecule has 0 amide bonds. The lowest BCUT2D eigenvalue weighted by Gasteiger charge is -2.41. The van der Waals surface area contributed by atoms with Crippen molar-refractivity contribution in [3.63, 3.8) is 0 Å². The minimum Gasteiger partial charge on any atom is -0.481 e. The standard InChI is InChI=1S/C21H38O4/c1-6-10-11-17(7-2)12-16(5)14-21(9-4)15-18(8-3)19(24-25-21)13-20(22)23/h14,17-19H,6-13,15H2,1-5H3,(H,22,23)/b16-14+/t17-,18+,19+,21-/m0/s1. The minimum absolute atomic E-state index is 0.00985. The fraction of sp³-hybridized carbons (Fsp3) is 0.857.